The van der Waals surface area contributed by atoms with Gasteiger partial charge in [0.1, 0.15) is 5.15 Å². The lowest BCUT2D eigenvalue weighted by Gasteiger charge is -2.01. The minimum Gasteiger partial charge on any atom is -0.457 e. The number of Topliss-reactive ketones (excluding diaryl/α,β-unsaturated/α-hetero) is 1. The number of halogens is 3. The molecule has 0 radical (unpaired) electrons. The van der Waals surface area contributed by atoms with E-state index in [0.717, 1.165) is 0 Å². The van der Waals surface area contributed by atoms with Crippen LogP contribution in [0.1, 0.15) is 17.3 Å². The van der Waals surface area contributed by atoms with Gasteiger partial charge in [0.05, 0.1) is 12.2 Å². The molecular formula is C10H6Cl2FN3O3. The molecule has 0 atom stereocenters. The van der Waals surface area contributed by atoms with Crippen molar-refractivity contribution in [1.82, 2.24) is 4.98 Å². The van der Waals surface area contributed by atoms with E-state index in [9.17, 15) is 14.0 Å². The van der Waals surface area contributed by atoms with Gasteiger partial charge in [-0.1, -0.05) is 23.2 Å². The van der Waals surface area contributed by atoms with E-state index in [-0.39, 0.29) is 6.61 Å². The van der Waals surface area contributed by atoms with Gasteiger partial charge in [-0.15, -0.1) is 0 Å². The van der Waals surface area contributed by atoms with E-state index in [4.69, 9.17) is 28.7 Å². The number of hydrogen-bond acceptors (Lipinski definition) is 4. The van der Waals surface area contributed by atoms with Crippen molar-refractivity contribution < 1.29 is 23.5 Å². The van der Waals surface area contributed by atoms with Gasteiger partial charge in [0.2, 0.25) is 0 Å². The summed E-state index contributed by atoms with van der Waals surface area (Å²) in [6.07, 6.45) is 0. The molecule has 0 aromatic carbocycles. The lowest BCUT2D eigenvalue weighted by molar-refractivity contribution is -0.139. The van der Waals surface area contributed by atoms with Gasteiger partial charge in [-0.25, -0.2) is 14.2 Å². The molecule has 0 saturated heterocycles. The number of ether oxygens (including phenoxy) is 1. The van der Waals surface area contributed by atoms with Crippen molar-refractivity contribution in [3.63, 3.8) is 0 Å². The molecule has 0 saturated carbocycles. The Balaban J connectivity index is 3.23. The van der Waals surface area contributed by atoms with Crippen LogP contribution < -0.4 is 0 Å². The number of pyridine rings is 1. The van der Waals surface area contributed by atoms with Gasteiger partial charge in [-0.05, 0) is 13.0 Å². The Labute approximate surface area is 116 Å². The molecule has 0 spiro atoms. The first kappa shape index (κ1) is 15.2. The largest absolute Gasteiger partial charge is 0.457 e. The minimum atomic E-state index is -1.17. The third-order valence-electron chi connectivity index (χ3n) is 1.92. The molecule has 0 aliphatic rings. The first-order chi connectivity index (χ1) is 8.92. The Hall–Kier alpha value is -1.82. The SMILES string of the molecule is CCOC(=O)C(=[N+]=[N-])C(=O)c1cc(F)c(Cl)nc1Cl. The van der Waals surface area contributed by atoms with Crippen LogP contribution in [0.4, 0.5) is 4.39 Å². The van der Waals surface area contributed by atoms with Crippen LogP contribution in [-0.2, 0) is 9.53 Å². The average Bonchev–Trinajstić information content (AvgIpc) is 2.34. The second-order valence-electron chi connectivity index (χ2n) is 3.10. The van der Waals surface area contributed by atoms with Gasteiger partial charge in [0.15, 0.2) is 11.0 Å². The van der Waals surface area contributed by atoms with Crippen molar-refractivity contribution in [3.8, 4) is 0 Å². The van der Waals surface area contributed by atoms with Crippen LogP contribution in [0.25, 0.3) is 5.53 Å². The standard InChI is InChI=1S/C10H6Cl2FN3O3/c1-2-19-10(18)6(16-14)7(17)4-3-5(13)9(12)15-8(4)11/h3H,2H2,1H3. The summed E-state index contributed by atoms with van der Waals surface area (Å²) in [4.78, 5) is 29.1. The first-order valence-corrected chi connectivity index (χ1v) is 5.63. The summed E-state index contributed by atoms with van der Waals surface area (Å²) in [5, 5.41) is -0.956. The molecule has 0 bridgehead atoms. The molecule has 0 amide bonds. The average molecular weight is 306 g/mol. The molecular weight excluding hydrogens is 300 g/mol. The Morgan fingerprint density at radius 2 is 2.11 bits per heavy atom. The summed E-state index contributed by atoms with van der Waals surface area (Å²) in [7, 11) is 0. The Kier molecular flexibility index (Phi) is 5.11. The summed E-state index contributed by atoms with van der Waals surface area (Å²) < 4.78 is 17.7. The van der Waals surface area contributed by atoms with Crippen molar-refractivity contribution >= 4 is 40.7 Å². The van der Waals surface area contributed by atoms with E-state index < -0.39 is 39.2 Å². The fraction of sp³-hybridized carbons (Fsp3) is 0.200. The number of nitrogens with zero attached hydrogens (tertiary/aromatic N) is 3. The molecule has 9 heteroatoms. The molecule has 1 aromatic rings. The van der Waals surface area contributed by atoms with E-state index >= 15 is 0 Å². The molecule has 1 aromatic heterocycles. The van der Waals surface area contributed by atoms with Crippen LogP contribution in [0.2, 0.25) is 10.3 Å². The first-order valence-electron chi connectivity index (χ1n) is 4.87. The zero-order valence-corrected chi connectivity index (χ0v) is 11.0. The number of rotatable bonds is 4. The topological polar surface area (TPSA) is 92.7 Å². The molecule has 0 N–H and O–H groups in total. The Morgan fingerprint density at radius 3 is 2.63 bits per heavy atom. The highest BCUT2D eigenvalue weighted by atomic mass is 35.5. The summed E-state index contributed by atoms with van der Waals surface area (Å²) in [6.45, 7) is 1.46. The zero-order valence-electron chi connectivity index (χ0n) is 9.48. The number of carbonyl (C=O) groups excluding carboxylic acids is 2. The van der Waals surface area contributed by atoms with Crippen molar-refractivity contribution in [1.29, 1.82) is 0 Å². The summed E-state index contributed by atoms with van der Waals surface area (Å²) >= 11 is 11.0. The molecule has 0 aliphatic carbocycles. The normalized spacial score (nSPS) is 9.68. The summed E-state index contributed by atoms with van der Waals surface area (Å²) in [5.41, 5.74) is 7.25. The summed E-state index contributed by atoms with van der Waals surface area (Å²) in [5.74, 6) is -3.30. The van der Waals surface area contributed by atoms with Gasteiger partial charge >= 0.3 is 11.7 Å². The minimum absolute atomic E-state index is 0.0356. The molecule has 1 rings (SSSR count). The van der Waals surface area contributed by atoms with Crippen LogP contribution in [0.5, 0.6) is 0 Å². The van der Waals surface area contributed by atoms with Crippen molar-refractivity contribution in [2.24, 2.45) is 0 Å². The molecule has 6 nitrogen and oxygen atoms in total. The van der Waals surface area contributed by atoms with Crippen LogP contribution in [0.15, 0.2) is 6.07 Å². The second-order valence-corrected chi connectivity index (χ2v) is 3.81. The fourth-order valence-corrected chi connectivity index (χ4v) is 1.52. The number of hydrogen-bond donors (Lipinski definition) is 0. The molecule has 1 heterocycles. The molecule has 0 aliphatic heterocycles. The molecule has 0 unspecified atom stereocenters. The lowest BCUT2D eigenvalue weighted by atomic mass is 10.1. The highest BCUT2D eigenvalue weighted by Gasteiger charge is 2.34. The van der Waals surface area contributed by atoms with Crippen LogP contribution >= 0.6 is 23.2 Å². The van der Waals surface area contributed by atoms with Gasteiger partial charge in [-0.2, -0.15) is 4.79 Å². The Morgan fingerprint density at radius 1 is 1.47 bits per heavy atom. The molecule has 0 fully saturated rings. The quantitative estimate of drug-likeness (QED) is 0.162. The van der Waals surface area contributed by atoms with E-state index in [1.54, 1.807) is 0 Å². The van der Waals surface area contributed by atoms with E-state index in [1.807, 2.05) is 0 Å². The third-order valence-corrected chi connectivity index (χ3v) is 2.47. The van der Waals surface area contributed by atoms with Gasteiger partial charge < -0.3 is 10.3 Å². The molecule has 100 valence electrons. The maximum Gasteiger partial charge on any atom is 0.446 e. The van der Waals surface area contributed by atoms with Gasteiger partial charge in [0, 0.05) is 0 Å². The number of ketones is 1. The summed E-state index contributed by atoms with van der Waals surface area (Å²) in [6, 6.07) is 0.685. The predicted molar refractivity (Wildman–Crippen MR) is 63.8 cm³/mol. The fourth-order valence-electron chi connectivity index (χ4n) is 1.11. The van der Waals surface area contributed by atoms with E-state index in [2.05, 4.69) is 14.5 Å². The lowest BCUT2D eigenvalue weighted by Crippen LogP contribution is -2.28. The maximum absolute atomic E-state index is 13.2. The number of aromatic nitrogens is 1. The smallest absolute Gasteiger partial charge is 0.446 e. The number of carbonyl (C=O) groups is 2. The van der Waals surface area contributed by atoms with Gasteiger partial charge in [0.25, 0.3) is 5.78 Å². The Bertz CT molecular complexity index is 600. The highest BCUT2D eigenvalue weighted by molar-refractivity contribution is 6.66. The van der Waals surface area contributed by atoms with Crippen molar-refractivity contribution in [2.45, 2.75) is 6.92 Å². The monoisotopic (exact) mass is 305 g/mol. The van der Waals surface area contributed by atoms with Crippen LogP contribution in [0.3, 0.4) is 0 Å². The second kappa shape index (κ2) is 6.38. The predicted octanol–water partition coefficient (Wildman–Crippen LogP) is 1.94. The van der Waals surface area contributed by atoms with E-state index in [1.165, 1.54) is 6.92 Å². The van der Waals surface area contributed by atoms with Crippen LogP contribution in [0, 0.1) is 5.82 Å². The zero-order chi connectivity index (χ0) is 14.6. The van der Waals surface area contributed by atoms with Crippen molar-refractivity contribution in [3.05, 3.63) is 33.3 Å². The van der Waals surface area contributed by atoms with E-state index in [0.29, 0.717) is 6.07 Å². The molecule has 19 heavy (non-hydrogen) atoms. The number of esters is 1. The van der Waals surface area contributed by atoms with Crippen molar-refractivity contribution in [2.75, 3.05) is 6.61 Å². The highest BCUT2D eigenvalue weighted by Crippen LogP contribution is 2.21. The maximum atomic E-state index is 13.2. The third kappa shape index (κ3) is 3.35. The van der Waals surface area contributed by atoms with Crippen LogP contribution in [-0.4, -0.2) is 33.8 Å². The van der Waals surface area contributed by atoms with Gasteiger partial charge in [-0.3, -0.25) is 4.79 Å².